The molecule has 86 valence electrons. The molecule has 0 spiro atoms. The number of carbonyl (C=O) groups is 2. The number of piperazine rings is 1. The Morgan fingerprint density at radius 1 is 1.31 bits per heavy atom. The second-order valence-electron chi connectivity index (χ2n) is 3.66. The van der Waals surface area contributed by atoms with Crippen LogP contribution in [-0.4, -0.2) is 41.8 Å². The SMILES string of the molecule is CN1CCN(Cc2ccc(Br)s2)C(=O)C1=O. The Morgan fingerprint density at radius 2 is 2.06 bits per heavy atom. The van der Waals surface area contributed by atoms with Gasteiger partial charge in [-0.15, -0.1) is 11.3 Å². The minimum Gasteiger partial charge on any atom is -0.336 e. The maximum absolute atomic E-state index is 11.7. The molecule has 0 aliphatic carbocycles. The summed E-state index contributed by atoms with van der Waals surface area (Å²) in [7, 11) is 1.65. The summed E-state index contributed by atoms with van der Waals surface area (Å²) in [4.78, 5) is 27.3. The van der Waals surface area contributed by atoms with Gasteiger partial charge in [0, 0.05) is 25.0 Å². The Labute approximate surface area is 106 Å². The summed E-state index contributed by atoms with van der Waals surface area (Å²) >= 11 is 4.96. The van der Waals surface area contributed by atoms with E-state index in [2.05, 4.69) is 15.9 Å². The molecule has 1 aromatic rings. The standard InChI is InChI=1S/C10H11BrN2O2S/c1-12-4-5-13(10(15)9(12)14)6-7-2-3-8(11)16-7/h2-3H,4-6H2,1H3. The molecule has 1 aromatic heterocycles. The number of hydrogen-bond acceptors (Lipinski definition) is 3. The first kappa shape index (κ1) is 11.6. The Bertz CT molecular complexity index is 432. The zero-order valence-electron chi connectivity index (χ0n) is 8.77. The van der Waals surface area contributed by atoms with Crippen LogP contribution < -0.4 is 0 Å². The van der Waals surface area contributed by atoms with E-state index in [1.807, 2.05) is 12.1 Å². The number of thiophene rings is 1. The molecule has 1 fully saturated rings. The van der Waals surface area contributed by atoms with E-state index in [0.29, 0.717) is 19.6 Å². The molecule has 1 aliphatic heterocycles. The number of nitrogens with zero attached hydrogens (tertiary/aromatic N) is 2. The van der Waals surface area contributed by atoms with E-state index >= 15 is 0 Å². The van der Waals surface area contributed by atoms with Gasteiger partial charge in [-0.3, -0.25) is 9.59 Å². The highest BCUT2D eigenvalue weighted by atomic mass is 79.9. The van der Waals surface area contributed by atoms with Gasteiger partial charge in [-0.1, -0.05) is 0 Å². The van der Waals surface area contributed by atoms with Crippen molar-refractivity contribution in [1.29, 1.82) is 0 Å². The van der Waals surface area contributed by atoms with Gasteiger partial charge in [0.25, 0.3) is 0 Å². The highest BCUT2D eigenvalue weighted by Crippen LogP contribution is 2.23. The number of halogens is 1. The minimum absolute atomic E-state index is 0.404. The van der Waals surface area contributed by atoms with Crippen LogP contribution in [0.25, 0.3) is 0 Å². The number of hydrogen-bond donors (Lipinski definition) is 0. The highest BCUT2D eigenvalue weighted by Gasteiger charge is 2.30. The second kappa shape index (κ2) is 4.55. The van der Waals surface area contributed by atoms with Crippen LogP contribution in [0, 0.1) is 0 Å². The van der Waals surface area contributed by atoms with Crippen molar-refractivity contribution < 1.29 is 9.59 Å². The van der Waals surface area contributed by atoms with Crippen molar-refractivity contribution in [3.05, 3.63) is 20.8 Å². The summed E-state index contributed by atoms with van der Waals surface area (Å²) in [5, 5.41) is 0. The summed E-state index contributed by atoms with van der Waals surface area (Å²) < 4.78 is 1.04. The molecule has 1 saturated heterocycles. The lowest BCUT2D eigenvalue weighted by Crippen LogP contribution is -2.52. The predicted octanol–water partition coefficient (Wildman–Crippen LogP) is 1.31. The zero-order chi connectivity index (χ0) is 11.7. The summed E-state index contributed by atoms with van der Waals surface area (Å²) in [6, 6.07) is 3.91. The smallest absolute Gasteiger partial charge is 0.312 e. The highest BCUT2D eigenvalue weighted by molar-refractivity contribution is 9.11. The van der Waals surface area contributed by atoms with Gasteiger partial charge < -0.3 is 9.80 Å². The van der Waals surface area contributed by atoms with Gasteiger partial charge in [-0.25, -0.2) is 0 Å². The van der Waals surface area contributed by atoms with Crippen LogP contribution in [0.3, 0.4) is 0 Å². The quantitative estimate of drug-likeness (QED) is 0.773. The molecule has 4 nitrogen and oxygen atoms in total. The van der Waals surface area contributed by atoms with Crippen LogP contribution in [-0.2, 0) is 16.1 Å². The van der Waals surface area contributed by atoms with Crippen LogP contribution >= 0.6 is 27.3 Å². The molecule has 0 aromatic carbocycles. The summed E-state index contributed by atoms with van der Waals surface area (Å²) in [6.07, 6.45) is 0. The molecule has 0 saturated carbocycles. The fourth-order valence-electron chi connectivity index (χ4n) is 1.55. The molecule has 2 rings (SSSR count). The van der Waals surface area contributed by atoms with Crippen molar-refractivity contribution in [2.24, 2.45) is 0 Å². The van der Waals surface area contributed by atoms with E-state index in [0.717, 1.165) is 8.66 Å². The summed E-state index contributed by atoms with van der Waals surface area (Å²) in [5.74, 6) is -0.819. The average Bonchev–Trinajstić information content (AvgIpc) is 2.65. The van der Waals surface area contributed by atoms with Gasteiger partial charge in [0.2, 0.25) is 0 Å². The van der Waals surface area contributed by atoms with Crippen molar-refractivity contribution in [2.45, 2.75) is 6.54 Å². The largest absolute Gasteiger partial charge is 0.336 e. The van der Waals surface area contributed by atoms with Gasteiger partial charge in [-0.05, 0) is 28.1 Å². The summed E-state index contributed by atoms with van der Waals surface area (Å²) in [5.41, 5.74) is 0. The van der Waals surface area contributed by atoms with E-state index < -0.39 is 11.8 Å². The van der Waals surface area contributed by atoms with Crippen LogP contribution in [0.5, 0.6) is 0 Å². The molecule has 0 N–H and O–H groups in total. The van der Waals surface area contributed by atoms with Gasteiger partial charge in [-0.2, -0.15) is 0 Å². The molecule has 6 heteroatoms. The van der Waals surface area contributed by atoms with Crippen LogP contribution in [0.2, 0.25) is 0 Å². The predicted molar refractivity (Wildman–Crippen MR) is 65.1 cm³/mol. The molecule has 0 atom stereocenters. The number of amides is 2. The number of rotatable bonds is 2. The molecule has 2 heterocycles. The Balaban J connectivity index is 2.06. The normalized spacial score (nSPS) is 17.1. The lowest BCUT2D eigenvalue weighted by atomic mass is 10.3. The first-order valence-corrected chi connectivity index (χ1v) is 6.47. The Kier molecular flexibility index (Phi) is 3.30. The third-order valence-electron chi connectivity index (χ3n) is 2.50. The van der Waals surface area contributed by atoms with E-state index in [9.17, 15) is 9.59 Å². The van der Waals surface area contributed by atoms with Crippen LogP contribution in [0.1, 0.15) is 4.88 Å². The van der Waals surface area contributed by atoms with Gasteiger partial charge in [0.1, 0.15) is 0 Å². The van der Waals surface area contributed by atoms with E-state index in [1.54, 1.807) is 23.3 Å². The Hall–Kier alpha value is -0.880. The Morgan fingerprint density at radius 3 is 2.69 bits per heavy atom. The van der Waals surface area contributed by atoms with E-state index in [1.165, 1.54) is 4.90 Å². The van der Waals surface area contributed by atoms with Gasteiger partial charge in [0.15, 0.2) is 0 Å². The first-order valence-electron chi connectivity index (χ1n) is 4.86. The van der Waals surface area contributed by atoms with E-state index in [4.69, 9.17) is 0 Å². The molecular weight excluding hydrogens is 292 g/mol. The maximum atomic E-state index is 11.7. The molecular formula is C10H11BrN2O2S. The third-order valence-corrected chi connectivity index (χ3v) is 4.11. The molecule has 0 radical (unpaired) electrons. The second-order valence-corrected chi connectivity index (χ2v) is 6.21. The zero-order valence-corrected chi connectivity index (χ0v) is 11.2. The average molecular weight is 303 g/mol. The maximum Gasteiger partial charge on any atom is 0.312 e. The lowest BCUT2D eigenvalue weighted by molar-refractivity contribution is -0.155. The monoisotopic (exact) mass is 302 g/mol. The van der Waals surface area contributed by atoms with Crippen molar-refractivity contribution in [3.8, 4) is 0 Å². The van der Waals surface area contributed by atoms with Crippen molar-refractivity contribution in [2.75, 3.05) is 20.1 Å². The minimum atomic E-state index is -0.415. The number of carbonyl (C=O) groups excluding carboxylic acids is 2. The van der Waals surface area contributed by atoms with Gasteiger partial charge in [0.05, 0.1) is 10.3 Å². The summed E-state index contributed by atoms with van der Waals surface area (Å²) in [6.45, 7) is 1.74. The van der Waals surface area contributed by atoms with Crippen LogP contribution in [0.4, 0.5) is 0 Å². The first-order chi connectivity index (χ1) is 7.58. The molecule has 1 aliphatic rings. The molecule has 0 bridgehead atoms. The fraction of sp³-hybridized carbons (Fsp3) is 0.400. The van der Waals surface area contributed by atoms with Crippen LogP contribution in [0.15, 0.2) is 15.9 Å². The number of likely N-dealkylation sites (N-methyl/N-ethyl adjacent to an activating group) is 1. The lowest BCUT2D eigenvalue weighted by Gasteiger charge is -2.31. The fourth-order valence-corrected chi connectivity index (χ4v) is 3.05. The molecule has 2 amide bonds. The van der Waals surface area contributed by atoms with Gasteiger partial charge >= 0.3 is 11.8 Å². The molecule has 16 heavy (non-hydrogen) atoms. The van der Waals surface area contributed by atoms with Crippen molar-refractivity contribution in [1.82, 2.24) is 9.80 Å². The van der Waals surface area contributed by atoms with Crippen molar-refractivity contribution in [3.63, 3.8) is 0 Å². The molecule has 0 unspecified atom stereocenters. The topological polar surface area (TPSA) is 40.6 Å². The third kappa shape index (κ3) is 2.27. The van der Waals surface area contributed by atoms with Crippen molar-refractivity contribution >= 4 is 39.1 Å². The van der Waals surface area contributed by atoms with E-state index in [-0.39, 0.29) is 0 Å².